The maximum atomic E-state index is 14.9. The normalized spacial score (nSPS) is 51.3. The number of halogens is 2. The van der Waals surface area contributed by atoms with E-state index in [1.165, 1.54) is 38.5 Å². The van der Waals surface area contributed by atoms with Gasteiger partial charge in [0, 0.05) is 29.5 Å². The highest BCUT2D eigenvalue weighted by Gasteiger charge is 2.63. The summed E-state index contributed by atoms with van der Waals surface area (Å²) in [5, 5.41) is 3.80. The third kappa shape index (κ3) is 2.33. The van der Waals surface area contributed by atoms with Crippen molar-refractivity contribution in [2.45, 2.75) is 96.1 Å². The van der Waals surface area contributed by atoms with Crippen LogP contribution in [0, 0.1) is 28.6 Å². The van der Waals surface area contributed by atoms with E-state index in [0.29, 0.717) is 35.3 Å². The van der Waals surface area contributed by atoms with Crippen LogP contribution >= 0.6 is 0 Å². The first-order valence-electron chi connectivity index (χ1n) is 10.7. The predicted molar refractivity (Wildman–Crippen MR) is 96.6 cm³/mol. The van der Waals surface area contributed by atoms with E-state index >= 15 is 0 Å². The van der Waals surface area contributed by atoms with Crippen molar-refractivity contribution in [3.63, 3.8) is 0 Å². The van der Waals surface area contributed by atoms with E-state index in [0.717, 1.165) is 18.8 Å². The summed E-state index contributed by atoms with van der Waals surface area (Å²) in [7, 11) is 0. The highest BCUT2D eigenvalue weighted by atomic mass is 19.3. The van der Waals surface area contributed by atoms with Gasteiger partial charge in [0.05, 0.1) is 0 Å². The summed E-state index contributed by atoms with van der Waals surface area (Å²) in [6.45, 7) is 4.69. The molecule has 0 aromatic carbocycles. The molecule has 0 aromatic rings. The van der Waals surface area contributed by atoms with E-state index < -0.39 is 5.92 Å². The molecule has 0 bridgehead atoms. The van der Waals surface area contributed by atoms with Crippen LogP contribution in [0.1, 0.15) is 78.1 Å². The van der Waals surface area contributed by atoms with Crippen LogP contribution in [0.4, 0.5) is 8.78 Å². The summed E-state index contributed by atoms with van der Waals surface area (Å²) >= 11 is 0. The van der Waals surface area contributed by atoms with Crippen molar-refractivity contribution in [1.29, 1.82) is 0 Å². The van der Waals surface area contributed by atoms with Crippen molar-refractivity contribution in [3.05, 3.63) is 11.6 Å². The van der Waals surface area contributed by atoms with Gasteiger partial charge in [-0.1, -0.05) is 26.3 Å². The molecule has 5 rings (SSSR count). The lowest BCUT2D eigenvalue weighted by atomic mass is 9.46. The van der Waals surface area contributed by atoms with Gasteiger partial charge in [0.1, 0.15) is 0 Å². The summed E-state index contributed by atoms with van der Waals surface area (Å²) in [5.41, 5.74) is 0.656. The molecule has 1 N–H and O–H groups in total. The Bertz CT molecular complexity index is 595. The zero-order chi connectivity index (χ0) is 17.4. The first-order valence-corrected chi connectivity index (χ1v) is 10.7. The molecule has 0 saturated heterocycles. The fourth-order valence-corrected chi connectivity index (χ4v) is 7.57. The van der Waals surface area contributed by atoms with Crippen molar-refractivity contribution in [2.24, 2.45) is 28.6 Å². The number of rotatable bonds is 2. The molecular formula is C22H33F2N. The Morgan fingerprint density at radius 3 is 2.52 bits per heavy atom. The zero-order valence-corrected chi connectivity index (χ0v) is 15.8. The number of hydrogen-bond donors (Lipinski definition) is 1. The number of hydrogen-bond acceptors (Lipinski definition) is 1. The average Bonchev–Trinajstić information content (AvgIpc) is 3.28. The predicted octanol–water partition coefficient (Wildman–Crippen LogP) is 5.71. The smallest absolute Gasteiger partial charge is 0.270 e. The van der Waals surface area contributed by atoms with Gasteiger partial charge in [-0.3, -0.25) is 0 Å². The Kier molecular flexibility index (Phi) is 3.54. The van der Waals surface area contributed by atoms with Crippen LogP contribution in [0.25, 0.3) is 0 Å². The summed E-state index contributed by atoms with van der Waals surface area (Å²) in [6, 6.07) is 0.847. The fourth-order valence-electron chi connectivity index (χ4n) is 7.57. The van der Waals surface area contributed by atoms with Crippen LogP contribution in [0.3, 0.4) is 0 Å². The summed E-state index contributed by atoms with van der Waals surface area (Å²) < 4.78 is 29.8. The first-order chi connectivity index (χ1) is 11.8. The summed E-state index contributed by atoms with van der Waals surface area (Å²) in [4.78, 5) is 0. The maximum absolute atomic E-state index is 14.9. The van der Waals surface area contributed by atoms with E-state index in [-0.39, 0.29) is 17.9 Å². The molecular weight excluding hydrogens is 316 g/mol. The molecule has 1 nitrogen and oxygen atoms in total. The molecule has 0 aliphatic heterocycles. The van der Waals surface area contributed by atoms with Gasteiger partial charge >= 0.3 is 0 Å². The van der Waals surface area contributed by atoms with Gasteiger partial charge in [0.15, 0.2) is 0 Å². The van der Waals surface area contributed by atoms with Gasteiger partial charge in [-0.2, -0.15) is 0 Å². The standard InChI is InChI=1S/C22H33F2N/c1-20-11-3-4-16(20)15-7-8-18-21(2,17(15)9-12-20)19(25-14-5-6-14)10-13-22(18,23)24/h8,14-17,19,25H,3-7,9-13H2,1-2H3/t15-,16-,17-,19?,20-,21+/m0/s1. The molecule has 4 fully saturated rings. The molecule has 5 aliphatic carbocycles. The SMILES string of the molecule is C[C@@]12CCC[C@H]1[C@@H]1CC=C3C(F)(F)CCC(NC4CC4)[C@]3(C)[C@H]1CC2. The molecule has 0 heterocycles. The molecule has 0 amide bonds. The highest BCUT2D eigenvalue weighted by molar-refractivity contribution is 5.33. The van der Waals surface area contributed by atoms with Crippen LogP contribution in [0.2, 0.25) is 0 Å². The molecule has 0 aromatic heterocycles. The molecule has 140 valence electrons. The van der Waals surface area contributed by atoms with Crippen molar-refractivity contribution >= 4 is 0 Å². The molecule has 5 aliphatic rings. The van der Waals surface area contributed by atoms with Gasteiger partial charge in [-0.05, 0) is 74.5 Å². The van der Waals surface area contributed by atoms with Crippen LogP contribution in [0.5, 0.6) is 0 Å². The van der Waals surface area contributed by atoms with Gasteiger partial charge in [0.25, 0.3) is 5.92 Å². The van der Waals surface area contributed by atoms with E-state index in [2.05, 4.69) is 19.2 Å². The van der Waals surface area contributed by atoms with Crippen LogP contribution in [-0.2, 0) is 0 Å². The summed E-state index contributed by atoms with van der Waals surface area (Å²) in [6.07, 6.45) is 12.5. The second kappa shape index (κ2) is 5.30. The zero-order valence-electron chi connectivity index (χ0n) is 15.8. The second-order valence-electron chi connectivity index (χ2n) is 10.3. The number of fused-ring (bicyclic) bond motifs is 5. The van der Waals surface area contributed by atoms with E-state index in [1.54, 1.807) is 0 Å². The Hall–Kier alpha value is -0.440. The Labute approximate surface area is 151 Å². The average molecular weight is 350 g/mol. The quantitative estimate of drug-likeness (QED) is 0.630. The minimum Gasteiger partial charge on any atom is -0.310 e. The second-order valence-corrected chi connectivity index (χ2v) is 10.3. The minimum atomic E-state index is -2.59. The lowest BCUT2D eigenvalue weighted by molar-refractivity contribution is -0.0919. The third-order valence-corrected chi connectivity index (χ3v) is 9.04. The van der Waals surface area contributed by atoms with Gasteiger partial charge in [-0.25, -0.2) is 8.78 Å². The molecule has 3 heteroatoms. The molecule has 25 heavy (non-hydrogen) atoms. The molecule has 0 radical (unpaired) electrons. The molecule has 0 spiro atoms. The Balaban J connectivity index is 1.54. The Morgan fingerprint density at radius 1 is 0.960 bits per heavy atom. The van der Waals surface area contributed by atoms with Crippen molar-refractivity contribution < 1.29 is 8.78 Å². The van der Waals surface area contributed by atoms with Crippen molar-refractivity contribution in [2.75, 3.05) is 0 Å². The largest absolute Gasteiger partial charge is 0.310 e. The lowest BCUT2D eigenvalue weighted by Gasteiger charge is -2.60. The molecule has 4 saturated carbocycles. The van der Waals surface area contributed by atoms with Crippen molar-refractivity contribution in [3.8, 4) is 0 Å². The van der Waals surface area contributed by atoms with E-state index in [1.807, 2.05) is 6.08 Å². The van der Waals surface area contributed by atoms with Crippen LogP contribution in [-0.4, -0.2) is 18.0 Å². The highest BCUT2D eigenvalue weighted by Crippen LogP contribution is 2.66. The number of nitrogens with one attached hydrogen (secondary N) is 1. The van der Waals surface area contributed by atoms with E-state index in [4.69, 9.17) is 0 Å². The van der Waals surface area contributed by atoms with Gasteiger partial charge in [0.2, 0.25) is 0 Å². The third-order valence-electron chi connectivity index (χ3n) is 9.04. The van der Waals surface area contributed by atoms with Crippen LogP contribution < -0.4 is 5.32 Å². The van der Waals surface area contributed by atoms with E-state index in [9.17, 15) is 8.78 Å². The van der Waals surface area contributed by atoms with Crippen LogP contribution in [0.15, 0.2) is 11.6 Å². The number of alkyl halides is 2. The van der Waals surface area contributed by atoms with Crippen molar-refractivity contribution in [1.82, 2.24) is 5.32 Å². The van der Waals surface area contributed by atoms with Gasteiger partial charge in [-0.15, -0.1) is 0 Å². The molecule has 1 unspecified atom stereocenters. The minimum absolute atomic E-state index is 0.0390. The summed E-state index contributed by atoms with van der Waals surface area (Å²) in [5.74, 6) is -0.741. The van der Waals surface area contributed by atoms with Gasteiger partial charge < -0.3 is 5.32 Å². The maximum Gasteiger partial charge on any atom is 0.270 e. The Morgan fingerprint density at radius 2 is 1.76 bits per heavy atom. The lowest BCUT2D eigenvalue weighted by Crippen LogP contribution is -2.61. The fraction of sp³-hybridized carbons (Fsp3) is 0.909. The number of allylic oxidation sites excluding steroid dienone is 1. The monoisotopic (exact) mass is 349 g/mol. The first kappa shape index (κ1) is 16.7. The topological polar surface area (TPSA) is 12.0 Å². The molecule has 6 atom stereocenters.